The Balaban J connectivity index is 3.29. The fourth-order valence-electron chi connectivity index (χ4n) is 1.13. The van der Waals surface area contributed by atoms with Gasteiger partial charge in [-0.05, 0) is 18.1 Å². The molecule has 1 aromatic carbocycles. The highest BCUT2D eigenvalue weighted by molar-refractivity contribution is 5.92. The fourth-order valence-corrected chi connectivity index (χ4v) is 1.13. The molecule has 0 aliphatic heterocycles. The minimum atomic E-state index is -1.08. The van der Waals surface area contributed by atoms with Crippen LogP contribution in [0.2, 0.25) is 0 Å². The largest absolute Gasteiger partial charge is 0.507 e. The Hall–Kier alpha value is -1.51. The Labute approximate surface area is 70.3 Å². The molecule has 12 heavy (non-hydrogen) atoms. The van der Waals surface area contributed by atoms with Crippen molar-refractivity contribution in [2.75, 3.05) is 0 Å². The van der Waals surface area contributed by atoms with Crippen molar-refractivity contribution >= 4 is 5.97 Å². The number of aryl methyl sites for hydroxylation is 1. The average molecular weight is 166 g/mol. The minimum absolute atomic E-state index is 0.0139. The van der Waals surface area contributed by atoms with Crippen molar-refractivity contribution in [3.05, 3.63) is 29.3 Å². The van der Waals surface area contributed by atoms with Crippen molar-refractivity contribution in [3.63, 3.8) is 0 Å². The Bertz CT molecular complexity index is 305. The zero-order valence-electron chi connectivity index (χ0n) is 6.74. The molecular formula is C9H10O3. The maximum atomic E-state index is 10.6. The lowest BCUT2D eigenvalue weighted by Gasteiger charge is -2.04. The second kappa shape index (κ2) is 3.26. The third kappa shape index (κ3) is 1.39. The number of aromatic carboxylic acids is 1. The number of carboxylic acids is 1. The number of carbonyl (C=O) groups is 1. The quantitative estimate of drug-likeness (QED) is 0.702. The molecule has 3 nitrogen and oxygen atoms in total. The van der Waals surface area contributed by atoms with E-state index in [1.54, 1.807) is 12.1 Å². The van der Waals surface area contributed by atoms with Gasteiger partial charge >= 0.3 is 5.97 Å². The standard InChI is InChI=1S/C9H10O3/c1-2-6-4-3-5-7(10)8(6)9(11)12/h3-5,10H,2H2,1H3,(H,11,12). The van der Waals surface area contributed by atoms with E-state index in [4.69, 9.17) is 5.11 Å². The number of benzene rings is 1. The van der Waals surface area contributed by atoms with Gasteiger partial charge in [-0.2, -0.15) is 0 Å². The molecule has 0 fully saturated rings. The fraction of sp³-hybridized carbons (Fsp3) is 0.222. The number of hydrogen-bond donors (Lipinski definition) is 2. The van der Waals surface area contributed by atoms with E-state index < -0.39 is 5.97 Å². The topological polar surface area (TPSA) is 57.5 Å². The second-order valence-electron chi connectivity index (χ2n) is 2.47. The molecule has 0 saturated carbocycles. The summed E-state index contributed by atoms with van der Waals surface area (Å²) in [7, 11) is 0. The number of rotatable bonds is 2. The summed E-state index contributed by atoms with van der Waals surface area (Å²) < 4.78 is 0. The van der Waals surface area contributed by atoms with Crippen molar-refractivity contribution in [1.29, 1.82) is 0 Å². The van der Waals surface area contributed by atoms with Crippen LogP contribution in [0.15, 0.2) is 18.2 Å². The van der Waals surface area contributed by atoms with Crippen LogP contribution in [0.5, 0.6) is 5.75 Å². The van der Waals surface area contributed by atoms with Gasteiger partial charge in [0.25, 0.3) is 0 Å². The van der Waals surface area contributed by atoms with Gasteiger partial charge in [0.15, 0.2) is 0 Å². The molecule has 0 aromatic heterocycles. The molecular weight excluding hydrogens is 156 g/mol. The summed E-state index contributed by atoms with van der Waals surface area (Å²) in [5, 5.41) is 17.9. The highest BCUT2D eigenvalue weighted by atomic mass is 16.4. The van der Waals surface area contributed by atoms with Crippen molar-refractivity contribution < 1.29 is 15.0 Å². The number of carboxylic acid groups (broad SMARTS) is 1. The smallest absolute Gasteiger partial charge is 0.339 e. The SMILES string of the molecule is CCc1cccc(O)c1C(=O)O. The summed E-state index contributed by atoms with van der Waals surface area (Å²) in [5.74, 6) is -1.24. The Morgan fingerprint density at radius 2 is 2.17 bits per heavy atom. The normalized spacial score (nSPS) is 9.75. The summed E-state index contributed by atoms with van der Waals surface area (Å²) in [6.45, 7) is 1.85. The lowest BCUT2D eigenvalue weighted by atomic mass is 10.0. The summed E-state index contributed by atoms with van der Waals surface area (Å²) in [6.07, 6.45) is 0.607. The highest BCUT2D eigenvalue weighted by Crippen LogP contribution is 2.20. The minimum Gasteiger partial charge on any atom is -0.507 e. The van der Waals surface area contributed by atoms with Gasteiger partial charge < -0.3 is 10.2 Å². The molecule has 2 N–H and O–H groups in total. The van der Waals surface area contributed by atoms with Gasteiger partial charge in [0.05, 0.1) is 0 Å². The number of aromatic hydroxyl groups is 1. The maximum Gasteiger partial charge on any atom is 0.339 e. The molecule has 0 aliphatic carbocycles. The predicted molar refractivity (Wildman–Crippen MR) is 44.4 cm³/mol. The van der Waals surface area contributed by atoms with Gasteiger partial charge in [-0.3, -0.25) is 0 Å². The lowest BCUT2D eigenvalue weighted by molar-refractivity contribution is 0.0692. The van der Waals surface area contributed by atoms with Gasteiger partial charge in [0.2, 0.25) is 0 Å². The van der Waals surface area contributed by atoms with Gasteiger partial charge in [-0.1, -0.05) is 19.1 Å². The highest BCUT2D eigenvalue weighted by Gasteiger charge is 2.12. The van der Waals surface area contributed by atoms with Gasteiger partial charge in [-0.25, -0.2) is 4.79 Å². The molecule has 0 unspecified atom stereocenters. The van der Waals surface area contributed by atoms with Crippen molar-refractivity contribution in [1.82, 2.24) is 0 Å². The van der Waals surface area contributed by atoms with Crippen molar-refractivity contribution in [3.8, 4) is 5.75 Å². The second-order valence-corrected chi connectivity index (χ2v) is 2.47. The van der Waals surface area contributed by atoms with Crippen LogP contribution in [0.1, 0.15) is 22.8 Å². The Morgan fingerprint density at radius 1 is 1.50 bits per heavy atom. The van der Waals surface area contributed by atoms with E-state index in [0.29, 0.717) is 12.0 Å². The monoisotopic (exact) mass is 166 g/mol. The van der Waals surface area contributed by atoms with E-state index >= 15 is 0 Å². The van der Waals surface area contributed by atoms with Gasteiger partial charge in [-0.15, -0.1) is 0 Å². The van der Waals surface area contributed by atoms with E-state index in [2.05, 4.69) is 0 Å². The lowest BCUT2D eigenvalue weighted by Crippen LogP contribution is -2.01. The van der Waals surface area contributed by atoms with Crippen LogP contribution in [-0.4, -0.2) is 16.2 Å². The molecule has 0 atom stereocenters. The molecule has 1 aromatic rings. The van der Waals surface area contributed by atoms with Crippen molar-refractivity contribution in [2.45, 2.75) is 13.3 Å². The molecule has 3 heteroatoms. The van der Waals surface area contributed by atoms with Crippen LogP contribution in [0.3, 0.4) is 0 Å². The average Bonchev–Trinajstić information content (AvgIpc) is 2.03. The molecule has 1 rings (SSSR count). The molecule has 0 amide bonds. The zero-order chi connectivity index (χ0) is 9.14. The van der Waals surface area contributed by atoms with Crippen molar-refractivity contribution in [2.24, 2.45) is 0 Å². The van der Waals surface area contributed by atoms with Crippen LogP contribution in [0.4, 0.5) is 0 Å². The van der Waals surface area contributed by atoms with E-state index in [0.717, 1.165) is 0 Å². The van der Waals surface area contributed by atoms with Gasteiger partial charge in [0, 0.05) is 0 Å². The summed E-state index contributed by atoms with van der Waals surface area (Å²) >= 11 is 0. The molecule has 0 aliphatic rings. The van der Waals surface area contributed by atoms with Crippen LogP contribution >= 0.6 is 0 Å². The molecule has 64 valence electrons. The van der Waals surface area contributed by atoms with Crippen LogP contribution in [0.25, 0.3) is 0 Å². The number of phenols is 1. The molecule has 0 radical (unpaired) electrons. The van der Waals surface area contributed by atoms with E-state index in [9.17, 15) is 9.90 Å². The molecule has 0 saturated heterocycles. The molecule has 0 spiro atoms. The van der Waals surface area contributed by atoms with Crippen LogP contribution in [-0.2, 0) is 6.42 Å². The molecule has 0 bridgehead atoms. The number of hydrogen-bond acceptors (Lipinski definition) is 2. The maximum absolute atomic E-state index is 10.6. The van der Waals surface area contributed by atoms with E-state index in [1.165, 1.54) is 6.07 Å². The van der Waals surface area contributed by atoms with Crippen LogP contribution < -0.4 is 0 Å². The summed E-state index contributed by atoms with van der Waals surface area (Å²) in [6, 6.07) is 4.71. The van der Waals surface area contributed by atoms with E-state index in [1.807, 2.05) is 6.92 Å². The first-order valence-corrected chi connectivity index (χ1v) is 3.71. The van der Waals surface area contributed by atoms with Gasteiger partial charge in [0.1, 0.15) is 11.3 Å². The zero-order valence-corrected chi connectivity index (χ0v) is 6.74. The first-order valence-electron chi connectivity index (χ1n) is 3.71. The molecule has 0 heterocycles. The summed E-state index contributed by atoms with van der Waals surface area (Å²) in [4.78, 5) is 10.6. The summed E-state index contributed by atoms with van der Waals surface area (Å²) in [5.41, 5.74) is 0.669. The first-order chi connectivity index (χ1) is 5.66. The Morgan fingerprint density at radius 3 is 2.58 bits per heavy atom. The third-order valence-corrected chi connectivity index (χ3v) is 1.72. The third-order valence-electron chi connectivity index (χ3n) is 1.72. The first kappa shape index (κ1) is 8.59. The predicted octanol–water partition coefficient (Wildman–Crippen LogP) is 1.65. The Kier molecular flexibility index (Phi) is 2.33. The van der Waals surface area contributed by atoms with Crippen LogP contribution in [0, 0.1) is 0 Å². The van der Waals surface area contributed by atoms with E-state index in [-0.39, 0.29) is 11.3 Å².